The molecule has 1 aromatic carbocycles. The molecule has 0 amide bonds. The maximum absolute atomic E-state index is 10.1. The van der Waals surface area contributed by atoms with Crippen molar-refractivity contribution in [1.82, 2.24) is 0 Å². The smallest absolute Gasteiger partial charge is 0.142 e. The number of methoxy groups -OCH3 is 1. The summed E-state index contributed by atoms with van der Waals surface area (Å²) >= 11 is 0. The predicted molar refractivity (Wildman–Crippen MR) is 67.1 cm³/mol. The molecule has 1 aromatic rings. The van der Waals surface area contributed by atoms with Crippen LogP contribution in [0.2, 0.25) is 0 Å². The van der Waals surface area contributed by atoms with Crippen molar-refractivity contribution in [1.29, 1.82) is 0 Å². The Kier molecular flexibility index (Phi) is 6.04. The van der Waals surface area contributed by atoms with Gasteiger partial charge in [-0.1, -0.05) is 18.2 Å². The topological polar surface area (TPSA) is 35.5 Å². The van der Waals surface area contributed by atoms with Crippen LogP contribution in [0.25, 0.3) is 0 Å². The van der Waals surface area contributed by atoms with Crippen LogP contribution in [0.5, 0.6) is 5.75 Å². The Labute approximate surface area is 102 Å². The van der Waals surface area contributed by atoms with Crippen molar-refractivity contribution >= 4 is 6.29 Å². The fourth-order valence-corrected chi connectivity index (χ4v) is 1.35. The van der Waals surface area contributed by atoms with Crippen LogP contribution in [-0.4, -0.2) is 19.5 Å². The van der Waals surface area contributed by atoms with Crippen molar-refractivity contribution in [2.24, 2.45) is 0 Å². The number of allylic oxidation sites excluding steroid dienone is 1. The second-order valence-corrected chi connectivity index (χ2v) is 3.77. The molecule has 0 heterocycles. The van der Waals surface area contributed by atoms with Crippen LogP contribution in [-0.2, 0) is 16.1 Å². The standard InChI is InChI=1S/C14H18O3/c1-12(5-3-4-10-15)17-11-13-6-8-14(16-2)9-7-13/h3-4,6-10,12H,5,11H2,1-2H3/b4-3+/t12-/m1/s1. The van der Waals surface area contributed by atoms with Crippen molar-refractivity contribution in [2.45, 2.75) is 26.1 Å². The summed E-state index contributed by atoms with van der Waals surface area (Å²) in [5.41, 5.74) is 1.11. The molecule has 1 atom stereocenters. The lowest BCUT2D eigenvalue weighted by Gasteiger charge is -2.11. The molecule has 0 aliphatic heterocycles. The van der Waals surface area contributed by atoms with Crippen molar-refractivity contribution in [3.05, 3.63) is 42.0 Å². The Hall–Kier alpha value is -1.61. The van der Waals surface area contributed by atoms with Gasteiger partial charge in [-0.25, -0.2) is 0 Å². The molecule has 0 aliphatic carbocycles. The number of carbonyl (C=O) groups excluding carboxylic acids is 1. The SMILES string of the molecule is COc1ccc(CO[C@H](C)C/C=C/C=O)cc1. The highest BCUT2D eigenvalue weighted by Crippen LogP contribution is 2.13. The molecule has 92 valence electrons. The lowest BCUT2D eigenvalue weighted by atomic mass is 10.2. The number of ether oxygens (including phenoxy) is 2. The zero-order valence-electron chi connectivity index (χ0n) is 10.3. The lowest BCUT2D eigenvalue weighted by molar-refractivity contribution is -0.104. The van der Waals surface area contributed by atoms with E-state index in [2.05, 4.69) is 0 Å². The van der Waals surface area contributed by atoms with Crippen LogP contribution in [0.1, 0.15) is 18.9 Å². The molecule has 0 N–H and O–H groups in total. The molecular weight excluding hydrogens is 216 g/mol. The Balaban J connectivity index is 2.33. The van der Waals surface area contributed by atoms with Gasteiger partial charge in [-0.2, -0.15) is 0 Å². The van der Waals surface area contributed by atoms with Gasteiger partial charge in [0.15, 0.2) is 0 Å². The predicted octanol–water partition coefficient (Wildman–Crippen LogP) is 2.75. The number of benzene rings is 1. The van der Waals surface area contributed by atoms with E-state index in [1.165, 1.54) is 6.08 Å². The second-order valence-electron chi connectivity index (χ2n) is 3.77. The minimum absolute atomic E-state index is 0.105. The first-order valence-electron chi connectivity index (χ1n) is 5.61. The highest BCUT2D eigenvalue weighted by Gasteiger charge is 2.00. The minimum atomic E-state index is 0.105. The first-order valence-corrected chi connectivity index (χ1v) is 5.61. The molecule has 3 nitrogen and oxygen atoms in total. The van der Waals surface area contributed by atoms with E-state index in [1.54, 1.807) is 7.11 Å². The molecule has 0 bridgehead atoms. The third kappa shape index (κ3) is 5.31. The molecule has 0 fully saturated rings. The van der Waals surface area contributed by atoms with Crippen molar-refractivity contribution in [3.8, 4) is 5.75 Å². The van der Waals surface area contributed by atoms with E-state index < -0.39 is 0 Å². The van der Waals surface area contributed by atoms with Crippen LogP contribution in [0, 0.1) is 0 Å². The number of rotatable bonds is 7. The van der Waals surface area contributed by atoms with Crippen molar-refractivity contribution in [2.75, 3.05) is 7.11 Å². The highest BCUT2D eigenvalue weighted by molar-refractivity contribution is 5.64. The van der Waals surface area contributed by atoms with Crippen molar-refractivity contribution < 1.29 is 14.3 Å². The molecule has 1 rings (SSSR count). The average molecular weight is 234 g/mol. The normalized spacial score (nSPS) is 12.6. The summed E-state index contributed by atoms with van der Waals surface area (Å²) < 4.78 is 10.7. The molecule has 0 unspecified atom stereocenters. The second kappa shape index (κ2) is 7.63. The van der Waals surface area contributed by atoms with E-state index in [0.717, 1.165) is 24.0 Å². The first-order chi connectivity index (χ1) is 8.26. The van der Waals surface area contributed by atoms with Crippen molar-refractivity contribution in [3.63, 3.8) is 0 Å². The van der Waals surface area contributed by atoms with Gasteiger partial charge < -0.3 is 9.47 Å². The van der Waals surface area contributed by atoms with Gasteiger partial charge in [0, 0.05) is 0 Å². The molecule has 0 spiro atoms. The fourth-order valence-electron chi connectivity index (χ4n) is 1.35. The maximum atomic E-state index is 10.1. The lowest BCUT2D eigenvalue weighted by Crippen LogP contribution is -2.06. The number of hydrogen-bond donors (Lipinski definition) is 0. The summed E-state index contributed by atoms with van der Waals surface area (Å²) in [6.07, 6.45) is 4.93. The maximum Gasteiger partial charge on any atom is 0.142 e. The Morgan fingerprint density at radius 1 is 1.29 bits per heavy atom. The van der Waals surface area contributed by atoms with Gasteiger partial charge in [-0.05, 0) is 37.1 Å². The van der Waals surface area contributed by atoms with E-state index in [4.69, 9.17) is 9.47 Å². The summed E-state index contributed by atoms with van der Waals surface area (Å²) in [5.74, 6) is 0.843. The summed E-state index contributed by atoms with van der Waals surface area (Å²) in [6, 6.07) is 7.78. The average Bonchev–Trinajstić information content (AvgIpc) is 2.37. The first kappa shape index (κ1) is 13.5. The summed E-state index contributed by atoms with van der Waals surface area (Å²) in [5, 5.41) is 0. The molecule has 17 heavy (non-hydrogen) atoms. The Morgan fingerprint density at radius 2 is 2.00 bits per heavy atom. The minimum Gasteiger partial charge on any atom is -0.497 e. The molecule has 0 aliphatic rings. The van der Waals surface area contributed by atoms with Gasteiger partial charge >= 0.3 is 0 Å². The monoisotopic (exact) mass is 234 g/mol. The van der Waals surface area contributed by atoms with Crippen LogP contribution < -0.4 is 4.74 Å². The number of hydrogen-bond acceptors (Lipinski definition) is 3. The van der Waals surface area contributed by atoms with E-state index in [0.29, 0.717) is 6.61 Å². The highest BCUT2D eigenvalue weighted by atomic mass is 16.5. The quantitative estimate of drug-likeness (QED) is 0.537. The van der Waals surface area contributed by atoms with Gasteiger partial charge in [0.25, 0.3) is 0 Å². The van der Waals surface area contributed by atoms with Gasteiger partial charge in [0.05, 0.1) is 19.8 Å². The van der Waals surface area contributed by atoms with Gasteiger partial charge in [0.1, 0.15) is 12.0 Å². The molecule has 0 radical (unpaired) electrons. The molecule has 3 heteroatoms. The molecule has 0 aromatic heterocycles. The van der Waals surface area contributed by atoms with E-state index in [1.807, 2.05) is 37.3 Å². The Bertz CT molecular complexity index is 354. The van der Waals surface area contributed by atoms with Crippen LogP contribution >= 0.6 is 0 Å². The Morgan fingerprint density at radius 3 is 2.59 bits per heavy atom. The van der Waals surface area contributed by atoms with Crippen LogP contribution in [0.3, 0.4) is 0 Å². The van der Waals surface area contributed by atoms with Gasteiger partial charge in [0.2, 0.25) is 0 Å². The zero-order chi connectivity index (χ0) is 12.5. The largest absolute Gasteiger partial charge is 0.497 e. The third-order valence-corrected chi connectivity index (χ3v) is 2.38. The van der Waals surface area contributed by atoms with E-state index in [-0.39, 0.29) is 6.10 Å². The third-order valence-electron chi connectivity index (χ3n) is 2.38. The summed E-state index contributed by atoms with van der Waals surface area (Å²) in [4.78, 5) is 10.1. The molecule has 0 saturated carbocycles. The molecule has 0 saturated heterocycles. The van der Waals surface area contributed by atoms with Crippen LogP contribution in [0.4, 0.5) is 0 Å². The van der Waals surface area contributed by atoms with Crippen LogP contribution in [0.15, 0.2) is 36.4 Å². The van der Waals surface area contributed by atoms with Gasteiger partial charge in [-0.15, -0.1) is 0 Å². The van der Waals surface area contributed by atoms with Gasteiger partial charge in [-0.3, -0.25) is 4.79 Å². The summed E-state index contributed by atoms with van der Waals surface area (Å²) in [7, 11) is 1.65. The zero-order valence-corrected chi connectivity index (χ0v) is 10.3. The summed E-state index contributed by atoms with van der Waals surface area (Å²) in [6.45, 7) is 2.55. The van der Waals surface area contributed by atoms with E-state index >= 15 is 0 Å². The number of carbonyl (C=O) groups is 1. The number of aldehydes is 1. The fraction of sp³-hybridized carbons (Fsp3) is 0.357. The van der Waals surface area contributed by atoms with E-state index in [9.17, 15) is 4.79 Å². The molecular formula is C14H18O3.